The van der Waals surface area contributed by atoms with Crippen LogP contribution in [-0.4, -0.2) is 23.3 Å². The molecule has 36 heavy (non-hydrogen) atoms. The topological polar surface area (TPSA) is 75.6 Å². The van der Waals surface area contributed by atoms with Gasteiger partial charge in [-0.05, 0) is 81.9 Å². The van der Waals surface area contributed by atoms with Crippen LogP contribution < -0.4 is 5.32 Å². The maximum Gasteiger partial charge on any atom is 0.411 e. The molecule has 0 bridgehead atoms. The first-order valence-electron chi connectivity index (χ1n) is 13.7. The highest BCUT2D eigenvalue weighted by Gasteiger charge is 2.25. The Labute approximate surface area is 219 Å². The summed E-state index contributed by atoms with van der Waals surface area (Å²) in [5.41, 5.74) is 4.83. The molecule has 2 unspecified atom stereocenters. The molecule has 0 aliphatic heterocycles. The lowest BCUT2D eigenvalue weighted by Crippen LogP contribution is -2.31. The fourth-order valence-electron chi connectivity index (χ4n) is 4.95. The molecule has 1 aromatic carbocycles. The summed E-state index contributed by atoms with van der Waals surface area (Å²) in [5.74, 6) is 0.455. The van der Waals surface area contributed by atoms with Crippen LogP contribution in [-0.2, 0) is 9.53 Å². The summed E-state index contributed by atoms with van der Waals surface area (Å²) in [6, 6.07) is 8.24. The summed E-state index contributed by atoms with van der Waals surface area (Å²) >= 11 is 0. The maximum atomic E-state index is 12.3. The molecule has 0 heterocycles. The molecule has 1 aromatic rings. The summed E-state index contributed by atoms with van der Waals surface area (Å²) in [6.45, 7) is 18.1. The summed E-state index contributed by atoms with van der Waals surface area (Å²) < 4.78 is 5.59. The zero-order valence-electron chi connectivity index (χ0n) is 23.7. The van der Waals surface area contributed by atoms with Crippen LogP contribution in [0.5, 0.6) is 0 Å². The van der Waals surface area contributed by atoms with Crippen molar-refractivity contribution < 1.29 is 19.4 Å². The van der Waals surface area contributed by atoms with Crippen LogP contribution in [0.1, 0.15) is 104 Å². The van der Waals surface area contributed by atoms with E-state index >= 15 is 0 Å². The number of rotatable bonds is 6. The van der Waals surface area contributed by atoms with Crippen LogP contribution in [0.4, 0.5) is 4.79 Å². The number of aryl methyl sites for hydroxylation is 1. The number of ether oxygens (including phenoxy) is 1. The molecule has 2 aliphatic rings. The Morgan fingerprint density at radius 1 is 1.03 bits per heavy atom. The van der Waals surface area contributed by atoms with Crippen LogP contribution >= 0.6 is 0 Å². The molecule has 2 aliphatic carbocycles. The minimum atomic E-state index is -0.605. The Bertz CT molecular complexity index is 865. The Morgan fingerprint density at radius 3 is 2.08 bits per heavy atom. The lowest BCUT2D eigenvalue weighted by atomic mass is 9.83. The van der Waals surface area contributed by atoms with E-state index in [4.69, 9.17) is 9.84 Å². The first kappa shape index (κ1) is 31.5. The average Bonchev–Trinajstić information content (AvgIpc) is 3.39. The number of benzene rings is 1. The molecule has 202 valence electrons. The van der Waals surface area contributed by atoms with Gasteiger partial charge in [0.05, 0.1) is 5.92 Å². The van der Waals surface area contributed by atoms with Gasteiger partial charge in [0.2, 0.25) is 0 Å². The van der Waals surface area contributed by atoms with E-state index in [2.05, 4.69) is 50.0 Å². The number of allylic oxidation sites excluding steroid dienone is 2. The zero-order valence-corrected chi connectivity index (χ0v) is 23.7. The molecule has 5 nitrogen and oxygen atoms in total. The van der Waals surface area contributed by atoms with Gasteiger partial charge in [0.25, 0.3) is 0 Å². The molecular formula is C31H49NO4. The predicted octanol–water partition coefficient (Wildman–Crippen LogP) is 8.53. The van der Waals surface area contributed by atoms with Crippen molar-refractivity contribution in [1.29, 1.82) is 0 Å². The third kappa shape index (κ3) is 10.6. The number of carbonyl (C=O) groups is 2. The third-order valence-corrected chi connectivity index (χ3v) is 7.16. The monoisotopic (exact) mass is 499 g/mol. The number of aliphatic carboxylic acids is 1. The van der Waals surface area contributed by atoms with Gasteiger partial charge >= 0.3 is 12.1 Å². The Morgan fingerprint density at radius 2 is 1.61 bits per heavy atom. The van der Waals surface area contributed by atoms with Crippen molar-refractivity contribution in [2.24, 2.45) is 17.8 Å². The van der Waals surface area contributed by atoms with Crippen LogP contribution in [0.3, 0.4) is 0 Å². The van der Waals surface area contributed by atoms with Crippen LogP contribution in [0.25, 0.3) is 5.57 Å². The minimum Gasteiger partial charge on any atom is -0.481 e. The van der Waals surface area contributed by atoms with E-state index in [9.17, 15) is 9.59 Å². The van der Waals surface area contributed by atoms with Crippen molar-refractivity contribution in [1.82, 2.24) is 5.32 Å². The molecule has 2 saturated carbocycles. The van der Waals surface area contributed by atoms with E-state index in [1.54, 1.807) is 0 Å². The van der Waals surface area contributed by atoms with Crippen molar-refractivity contribution in [3.63, 3.8) is 0 Å². The van der Waals surface area contributed by atoms with Gasteiger partial charge in [0.15, 0.2) is 0 Å². The molecule has 0 spiro atoms. The summed E-state index contributed by atoms with van der Waals surface area (Å²) in [5, 5.41) is 11.6. The second kappa shape index (κ2) is 16.2. The standard InChI is InChI=1S/C21H29NO2.C8H14O2.C2H6/c1-14(2)20(16(4)18-12-10-15(3)11-13-18)22-21(23)24-17(5)19-8-6-7-9-19;1-6-3-2-4-7(5-6)8(9)10;1-2/h10-13,17,19H,1,6-9H2,2-5H3,(H,22,23);6-7H,2-5H2,1H3,(H,9,10);1-2H3/b20-16-;;/t;6-,7?;/m.0./s1. The molecule has 0 radical (unpaired) electrons. The van der Waals surface area contributed by atoms with E-state index in [0.717, 1.165) is 54.5 Å². The second-order valence-electron chi connectivity index (χ2n) is 10.2. The molecular weight excluding hydrogens is 450 g/mol. The molecule has 3 atom stereocenters. The van der Waals surface area contributed by atoms with Crippen molar-refractivity contribution in [2.75, 3.05) is 0 Å². The normalized spacial score (nSPS) is 21.0. The molecule has 0 saturated heterocycles. The van der Waals surface area contributed by atoms with Gasteiger partial charge in [-0.15, -0.1) is 0 Å². The fraction of sp³-hybridized carbons (Fsp3) is 0.613. The Kier molecular flexibility index (Phi) is 14.2. The lowest BCUT2D eigenvalue weighted by molar-refractivity contribution is -0.143. The van der Waals surface area contributed by atoms with Crippen LogP contribution in [0.15, 0.2) is 42.1 Å². The highest BCUT2D eigenvalue weighted by molar-refractivity contribution is 5.78. The first-order chi connectivity index (χ1) is 17.1. The number of carboxylic acid groups (broad SMARTS) is 1. The minimum absolute atomic E-state index is 0.0430. The largest absolute Gasteiger partial charge is 0.481 e. The number of hydrogen-bond donors (Lipinski definition) is 2. The highest BCUT2D eigenvalue weighted by atomic mass is 16.6. The van der Waals surface area contributed by atoms with Gasteiger partial charge < -0.3 is 9.84 Å². The van der Waals surface area contributed by atoms with E-state index in [-0.39, 0.29) is 18.1 Å². The average molecular weight is 500 g/mol. The predicted molar refractivity (Wildman–Crippen MR) is 150 cm³/mol. The van der Waals surface area contributed by atoms with E-state index in [1.807, 2.05) is 34.6 Å². The second-order valence-corrected chi connectivity index (χ2v) is 10.2. The van der Waals surface area contributed by atoms with Crippen molar-refractivity contribution >= 4 is 17.6 Å². The van der Waals surface area contributed by atoms with Crippen molar-refractivity contribution in [3.8, 4) is 0 Å². The van der Waals surface area contributed by atoms with Gasteiger partial charge in [-0.3, -0.25) is 10.1 Å². The summed E-state index contributed by atoms with van der Waals surface area (Å²) in [4.78, 5) is 22.8. The first-order valence-corrected chi connectivity index (χ1v) is 13.7. The quantitative estimate of drug-likeness (QED) is 0.385. The van der Waals surface area contributed by atoms with Gasteiger partial charge in [-0.25, -0.2) is 4.79 Å². The number of carboxylic acids is 1. The zero-order chi connectivity index (χ0) is 27.3. The van der Waals surface area contributed by atoms with Gasteiger partial charge in [-0.1, -0.05) is 82.9 Å². The van der Waals surface area contributed by atoms with E-state index in [0.29, 0.717) is 11.8 Å². The van der Waals surface area contributed by atoms with Crippen molar-refractivity contribution in [3.05, 3.63) is 53.2 Å². The molecule has 3 rings (SSSR count). The number of alkyl carbamates (subject to hydrolysis) is 1. The number of hydrogen-bond acceptors (Lipinski definition) is 3. The summed E-state index contributed by atoms with van der Waals surface area (Å²) in [6.07, 6.45) is 8.43. The van der Waals surface area contributed by atoms with Gasteiger partial charge in [0.1, 0.15) is 6.10 Å². The smallest absolute Gasteiger partial charge is 0.411 e. The van der Waals surface area contributed by atoms with Crippen LogP contribution in [0.2, 0.25) is 0 Å². The summed E-state index contributed by atoms with van der Waals surface area (Å²) in [7, 11) is 0. The molecule has 2 fully saturated rings. The number of carbonyl (C=O) groups excluding carboxylic acids is 1. The Balaban J connectivity index is 0.000000450. The SMILES string of the molecule is C=C(C)/C(NC(=O)OC(C)C1CCCC1)=C(\C)c1ccc(C)cc1.CC.C[C@H]1CCCC(C(=O)O)C1. The lowest BCUT2D eigenvalue weighted by Gasteiger charge is -2.22. The number of amides is 1. The third-order valence-electron chi connectivity index (χ3n) is 7.16. The van der Waals surface area contributed by atoms with Crippen molar-refractivity contribution in [2.45, 2.75) is 106 Å². The fourth-order valence-corrected chi connectivity index (χ4v) is 4.95. The highest BCUT2D eigenvalue weighted by Crippen LogP contribution is 2.30. The maximum absolute atomic E-state index is 12.3. The number of nitrogens with one attached hydrogen (secondary N) is 1. The van der Waals surface area contributed by atoms with Gasteiger partial charge in [-0.2, -0.15) is 0 Å². The molecule has 1 amide bonds. The van der Waals surface area contributed by atoms with E-state index < -0.39 is 5.97 Å². The molecule has 5 heteroatoms. The van der Waals surface area contributed by atoms with Crippen LogP contribution in [0, 0.1) is 24.7 Å². The molecule has 0 aromatic heterocycles. The Hall–Kier alpha value is -2.56. The van der Waals surface area contributed by atoms with E-state index in [1.165, 1.54) is 24.8 Å². The molecule has 2 N–H and O–H groups in total. The van der Waals surface area contributed by atoms with Gasteiger partial charge in [0, 0.05) is 5.70 Å².